The molecule has 1 aromatic heterocycles. The van der Waals surface area contributed by atoms with Crippen molar-refractivity contribution in [3.63, 3.8) is 0 Å². The Bertz CT molecular complexity index is 390. The van der Waals surface area contributed by atoms with Gasteiger partial charge in [0.25, 0.3) is 0 Å². The molecule has 1 rings (SSSR count). The summed E-state index contributed by atoms with van der Waals surface area (Å²) < 4.78 is 5.31. The molecule has 4 heteroatoms. The fourth-order valence-electron chi connectivity index (χ4n) is 1.42. The standard InChI is InChI=1S/C12H16N2O2/c1-3-4-10(7-13)12(15)14-8-11-6-5-9(2)16-11/h5-6,10H,3-4,8H2,1-2H3,(H,14,15). The molecule has 1 amide bonds. The Morgan fingerprint density at radius 1 is 1.62 bits per heavy atom. The Balaban J connectivity index is 2.43. The molecule has 0 aliphatic rings. The fourth-order valence-corrected chi connectivity index (χ4v) is 1.42. The molecule has 0 aromatic carbocycles. The summed E-state index contributed by atoms with van der Waals surface area (Å²) in [7, 11) is 0. The molecular weight excluding hydrogens is 204 g/mol. The molecule has 0 fully saturated rings. The van der Waals surface area contributed by atoms with Crippen LogP contribution in [0.1, 0.15) is 31.3 Å². The van der Waals surface area contributed by atoms with Crippen LogP contribution in [0.15, 0.2) is 16.5 Å². The molecule has 1 N–H and O–H groups in total. The van der Waals surface area contributed by atoms with Crippen LogP contribution in [0.2, 0.25) is 0 Å². The molecule has 0 aliphatic heterocycles. The highest BCUT2D eigenvalue weighted by Crippen LogP contribution is 2.08. The zero-order valence-electron chi connectivity index (χ0n) is 9.62. The van der Waals surface area contributed by atoms with Gasteiger partial charge in [-0.2, -0.15) is 5.26 Å². The van der Waals surface area contributed by atoms with Gasteiger partial charge in [-0.1, -0.05) is 13.3 Å². The van der Waals surface area contributed by atoms with E-state index in [0.717, 1.165) is 12.2 Å². The maximum absolute atomic E-state index is 11.6. The summed E-state index contributed by atoms with van der Waals surface area (Å²) in [6.45, 7) is 4.14. The Hall–Kier alpha value is -1.76. The van der Waals surface area contributed by atoms with Gasteiger partial charge >= 0.3 is 0 Å². The number of furan rings is 1. The highest BCUT2D eigenvalue weighted by atomic mass is 16.3. The highest BCUT2D eigenvalue weighted by molar-refractivity contribution is 5.80. The maximum atomic E-state index is 11.6. The average Bonchev–Trinajstić information content (AvgIpc) is 2.68. The van der Waals surface area contributed by atoms with Gasteiger partial charge in [-0.25, -0.2) is 0 Å². The van der Waals surface area contributed by atoms with Crippen molar-refractivity contribution >= 4 is 5.91 Å². The number of hydrogen-bond donors (Lipinski definition) is 1. The second kappa shape index (κ2) is 5.96. The van der Waals surface area contributed by atoms with Crippen molar-refractivity contribution < 1.29 is 9.21 Å². The Morgan fingerprint density at radius 2 is 2.38 bits per heavy atom. The quantitative estimate of drug-likeness (QED) is 0.826. The first kappa shape index (κ1) is 12.3. The van der Waals surface area contributed by atoms with Crippen molar-refractivity contribution in [2.75, 3.05) is 0 Å². The van der Waals surface area contributed by atoms with E-state index in [4.69, 9.17) is 9.68 Å². The van der Waals surface area contributed by atoms with E-state index in [-0.39, 0.29) is 5.91 Å². The number of carbonyl (C=O) groups is 1. The lowest BCUT2D eigenvalue weighted by Gasteiger charge is -2.07. The van der Waals surface area contributed by atoms with Crippen molar-refractivity contribution in [2.45, 2.75) is 33.2 Å². The second-order valence-electron chi connectivity index (χ2n) is 3.70. The van der Waals surface area contributed by atoms with Gasteiger partial charge in [-0.15, -0.1) is 0 Å². The predicted molar refractivity (Wildman–Crippen MR) is 59.3 cm³/mol. The van der Waals surface area contributed by atoms with E-state index in [2.05, 4.69) is 5.32 Å². The second-order valence-corrected chi connectivity index (χ2v) is 3.70. The highest BCUT2D eigenvalue weighted by Gasteiger charge is 2.16. The van der Waals surface area contributed by atoms with E-state index in [0.29, 0.717) is 18.7 Å². The fraction of sp³-hybridized carbons (Fsp3) is 0.500. The molecule has 0 aliphatic carbocycles. The van der Waals surface area contributed by atoms with E-state index in [1.807, 2.05) is 32.0 Å². The molecule has 0 bridgehead atoms. The number of nitriles is 1. The Labute approximate surface area is 95.2 Å². The summed E-state index contributed by atoms with van der Waals surface area (Å²) in [5.74, 6) is 0.744. The van der Waals surface area contributed by atoms with Gasteiger partial charge in [0.15, 0.2) is 0 Å². The first-order valence-electron chi connectivity index (χ1n) is 5.40. The topological polar surface area (TPSA) is 66.0 Å². The van der Waals surface area contributed by atoms with Crippen LogP contribution in [-0.4, -0.2) is 5.91 Å². The molecule has 16 heavy (non-hydrogen) atoms. The van der Waals surface area contributed by atoms with Crippen molar-refractivity contribution in [3.05, 3.63) is 23.7 Å². The van der Waals surface area contributed by atoms with Gasteiger partial charge in [0, 0.05) is 0 Å². The van der Waals surface area contributed by atoms with Crippen LogP contribution in [0, 0.1) is 24.2 Å². The summed E-state index contributed by atoms with van der Waals surface area (Å²) >= 11 is 0. The number of rotatable bonds is 5. The van der Waals surface area contributed by atoms with Gasteiger partial charge in [0.05, 0.1) is 12.6 Å². The van der Waals surface area contributed by atoms with Crippen LogP contribution in [0.4, 0.5) is 0 Å². The number of aryl methyl sites for hydroxylation is 1. The van der Waals surface area contributed by atoms with Gasteiger partial charge in [-0.3, -0.25) is 4.79 Å². The predicted octanol–water partition coefficient (Wildman–Crippen LogP) is 2.14. The first-order chi connectivity index (χ1) is 7.67. The molecule has 1 aromatic rings. The van der Waals surface area contributed by atoms with E-state index in [1.54, 1.807) is 0 Å². The van der Waals surface area contributed by atoms with Gasteiger partial charge in [-0.05, 0) is 25.5 Å². The molecule has 0 saturated carbocycles. The maximum Gasteiger partial charge on any atom is 0.237 e. The Kier molecular flexibility index (Phi) is 4.59. The summed E-state index contributed by atoms with van der Waals surface area (Å²) in [6.07, 6.45) is 1.42. The zero-order valence-corrected chi connectivity index (χ0v) is 9.62. The summed E-state index contributed by atoms with van der Waals surface area (Å²) in [4.78, 5) is 11.6. The summed E-state index contributed by atoms with van der Waals surface area (Å²) in [6, 6.07) is 5.66. The molecule has 0 spiro atoms. The van der Waals surface area contributed by atoms with E-state index in [9.17, 15) is 4.79 Å². The van der Waals surface area contributed by atoms with Crippen molar-refractivity contribution in [3.8, 4) is 6.07 Å². The van der Waals surface area contributed by atoms with Crippen LogP contribution < -0.4 is 5.32 Å². The number of amides is 1. The van der Waals surface area contributed by atoms with E-state index in [1.165, 1.54) is 0 Å². The number of nitrogens with one attached hydrogen (secondary N) is 1. The third-order valence-electron chi connectivity index (χ3n) is 2.28. The molecule has 4 nitrogen and oxygen atoms in total. The summed E-state index contributed by atoms with van der Waals surface area (Å²) in [5, 5.41) is 11.5. The lowest BCUT2D eigenvalue weighted by Crippen LogP contribution is -2.29. The van der Waals surface area contributed by atoms with E-state index < -0.39 is 5.92 Å². The number of hydrogen-bond acceptors (Lipinski definition) is 3. The Morgan fingerprint density at radius 3 is 2.88 bits per heavy atom. The average molecular weight is 220 g/mol. The van der Waals surface area contributed by atoms with Gasteiger partial charge in [0.1, 0.15) is 17.4 Å². The SMILES string of the molecule is CCCC(C#N)C(=O)NCc1ccc(C)o1. The first-order valence-corrected chi connectivity index (χ1v) is 5.40. The smallest absolute Gasteiger partial charge is 0.237 e. The third-order valence-corrected chi connectivity index (χ3v) is 2.28. The minimum atomic E-state index is -0.555. The van der Waals surface area contributed by atoms with Crippen LogP contribution in [-0.2, 0) is 11.3 Å². The van der Waals surface area contributed by atoms with Crippen molar-refractivity contribution in [2.24, 2.45) is 5.92 Å². The lowest BCUT2D eigenvalue weighted by atomic mass is 10.1. The summed E-state index contributed by atoms with van der Waals surface area (Å²) in [5.41, 5.74) is 0. The van der Waals surface area contributed by atoms with E-state index >= 15 is 0 Å². The van der Waals surface area contributed by atoms with Gasteiger partial charge < -0.3 is 9.73 Å². The minimum absolute atomic E-state index is 0.224. The molecule has 0 radical (unpaired) electrons. The number of carbonyl (C=O) groups excluding carboxylic acids is 1. The monoisotopic (exact) mass is 220 g/mol. The lowest BCUT2D eigenvalue weighted by molar-refractivity contribution is -0.123. The molecule has 1 heterocycles. The largest absolute Gasteiger partial charge is 0.465 e. The van der Waals surface area contributed by atoms with Crippen LogP contribution in [0.25, 0.3) is 0 Å². The third kappa shape index (κ3) is 3.43. The van der Waals surface area contributed by atoms with Crippen LogP contribution in [0.3, 0.4) is 0 Å². The van der Waals surface area contributed by atoms with Gasteiger partial charge in [0.2, 0.25) is 5.91 Å². The molecule has 1 unspecified atom stereocenters. The molecular formula is C12H16N2O2. The van der Waals surface area contributed by atoms with Crippen molar-refractivity contribution in [1.29, 1.82) is 5.26 Å². The molecule has 0 saturated heterocycles. The van der Waals surface area contributed by atoms with Crippen LogP contribution in [0.5, 0.6) is 0 Å². The minimum Gasteiger partial charge on any atom is -0.465 e. The van der Waals surface area contributed by atoms with Crippen molar-refractivity contribution in [1.82, 2.24) is 5.32 Å². The zero-order chi connectivity index (χ0) is 12.0. The molecule has 1 atom stereocenters. The normalized spacial score (nSPS) is 11.8. The number of nitrogens with zero attached hydrogens (tertiary/aromatic N) is 1. The van der Waals surface area contributed by atoms with Crippen LogP contribution >= 0.6 is 0 Å². The molecule has 86 valence electrons.